The van der Waals surface area contributed by atoms with E-state index in [0.717, 1.165) is 11.1 Å². The molecule has 0 saturated carbocycles. The molecule has 4 aromatic rings. The van der Waals surface area contributed by atoms with Gasteiger partial charge in [-0.3, -0.25) is 4.79 Å². The molecule has 2 aromatic heterocycles. The van der Waals surface area contributed by atoms with Gasteiger partial charge in [0.2, 0.25) is 5.88 Å². The molecule has 36 heavy (non-hydrogen) atoms. The molecule has 0 fully saturated rings. The number of benzene rings is 2. The molecule has 0 atom stereocenters. The van der Waals surface area contributed by atoms with E-state index in [2.05, 4.69) is 31.2 Å². The molecule has 186 valence electrons. The molecule has 0 aliphatic heterocycles. The predicted molar refractivity (Wildman–Crippen MR) is 139 cm³/mol. The number of sulfonamides is 1. The van der Waals surface area contributed by atoms with Crippen molar-refractivity contribution < 1.29 is 17.7 Å². The molecule has 0 aliphatic carbocycles. The van der Waals surface area contributed by atoms with Crippen LogP contribution in [-0.2, 0) is 15.8 Å². The van der Waals surface area contributed by atoms with Gasteiger partial charge in [0.25, 0.3) is 15.9 Å². The van der Waals surface area contributed by atoms with Crippen molar-refractivity contribution in [1.29, 1.82) is 0 Å². The molecular formula is C24H22ClN5O4S2. The first-order chi connectivity index (χ1) is 17.1. The Morgan fingerprint density at radius 3 is 2.53 bits per heavy atom. The van der Waals surface area contributed by atoms with Gasteiger partial charge in [-0.25, -0.2) is 23.1 Å². The van der Waals surface area contributed by atoms with Crippen LogP contribution in [0.4, 0.5) is 11.6 Å². The first kappa shape index (κ1) is 25.7. The van der Waals surface area contributed by atoms with Gasteiger partial charge in [0, 0.05) is 17.0 Å². The summed E-state index contributed by atoms with van der Waals surface area (Å²) in [5, 5.41) is 6.94. The third kappa shape index (κ3) is 6.04. The zero-order chi connectivity index (χ0) is 25.9. The minimum absolute atomic E-state index is 0.0103. The van der Waals surface area contributed by atoms with E-state index in [9.17, 15) is 13.2 Å². The van der Waals surface area contributed by atoms with Gasteiger partial charge in [-0.2, -0.15) is 0 Å². The highest BCUT2D eigenvalue weighted by molar-refractivity contribution is 7.98. The Kier molecular flexibility index (Phi) is 7.62. The van der Waals surface area contributed by atoms with E-state index in [0.29, 0.717) is 27.9 Å². The van der Waals surface area contributed by atoms with Gasteiger partial charge in [0.1, 0.15) is 0 Å². The molecule has 0 unspecified atom stereocenters. The zero-order valence-electron chi connectivity index (χ0n) is 19.6. The molecule has 0 saturated heterocycles. The molecular weight excluding hydrogens is 522 g/mol. The number of aromatic nitrogens is 3. The Morgan fingerprint density at radius 1 is 1.11 bits per heavy atom. The lowest BCUT2D eigenvalue weighted by molar-refractivity contribution is 0.102. The molecule has 0 spiro atoms. The Hall–Kier alpha value is -3.41. The number of anilines is 2. The number of halogens is 1. The summed E-state index contributed by atoms with van der Waals surface area (Å²) in [5.74, 6) is 0.155. The molecule has 2 heterocycles. The second-order valence-corrected chi connectivity index (χ2v) is 11.0. The number of carbonyl (C=O) groups excluding carboxylic acids is 1. The Balaban J connectivity index is 1.43. The van der Waals surface area contributed by atoms with Crippen LogP contribution >= 0.6 is 23.4 Å². The highest BCUT2D eigenvalue weighted by atomic mass is 35.5. The smallest absolute Gasteiger partial charge is 0.275 e. The normalized spacial score (nSPS) is 11.3. The number of nitrogens with zero attached hydrogens (tertiary/aromatic N) is 3. The SMILES string of the molecule is Cc1cccc(CSc2ncc(Cl)c(C(=O)Nc3ccc(S(=O)(=O)Nc4onc(C)c4C)cc3)n2)c1. The molecule has 9 nitrogen and oxygen atoms in total. The highest BCUT2D eigenvalue weighted by Gasteiger charge is 2.20. The van der Waals surface area contributed by atoms with Crippen LogP contribution in [-0.4, -0.2) is 29.4 Å². The van der Waals surface area contributed by atoms with E-state index < -0.39 is 15.9 Å². The molecule has 4 rings (SSSR count). The van der Waals surface area contributed by atoms with Gasteiger partial charge < -0.3 is 9.84 Å². The first-order valence-corrected chi connectivity index (χ1v) is 13.5. The largest absolute Gasteiger partial charge is 0.337 e. The maximum atomic E-state index is 12.8. The summed E-state index contributed by atoms with van der Waals surface area (Å²) in [6, 6.07) is 13.7. The summed E-state index contributed by atoms with van der Waals surface area (Å²) in [4.78, 5) is 21.3. The second-order valence-electron chi connectivity index (χ2n) is 7.93. The number of hydrogen-bond acceptors (Lipinski definition) is 8. The Bertz CT molecular complexity index is 1520. The predicted octanol–water partition coefficient (Wildman–Crippen LogP) is 5.39. The average Bonchev–Trinajstić information content (AvgIpc) is 3.15. The van der Waals surface area contributed by atoms with E-state index >= 15 is 0 Å². The molecule has 0 radical (unpaired) electrons. The van der Waals surface area contributed by atoms with Crippen molar-refractivity contribution in [3.05, 3.63) is 87.8 Å². The van der Waals surface area contributed by atoms with Gasteiger partial charge >= 0.3 is 0 Å². The van der Waals surface area contributed by atoms with Crippen molar-refractivity contribution in [2.75, 3.05) is 10.0 Å². The van der Waals surface area contributed by atoms with Gasteiger partial charge in [0.05, 0.1) is 21.8 Å². The summed E-state index contributed by atoms with van der Waals surface area (Å²) in [5.41, 5.74) is 3.85. The number of carbonyl (C=O) groups is 1. The van der Waals surface area contributed by atoms with Crippen molar-refractivity contribution in [2.24, 2.45) is 0 Å². The molecule has 2 aromatic carbocycles. The summed E-state index contributed by atoms with van der Waals surface area (Å²) in [6.07, 6.45) is 1.39. The lowest BCUT2D eigenvalue weighted by Gasteiger charge is -2.09. The van der Waals surface area contributed by atoms with Gasteiger partial charge in [-0.1, -0.05) is 58.3 Å². The number of thioether (sulfide) groups is 1. The van der Waals surface area contributed by atoms with Crippen LogP contribution in [0.15, 0.2) is 69.3 Å². The van der Waals surface area contributed by atoms with E-state index in [1.807, 2.05) is 25.1 Å². The standard InChI is InChI=1S/C24H22ClN5O4S2/c1-14-5-4-6-17(11-14)13-35-24-26-12-20(25)21(28-24)22(31)27-18-7-9-19(10-8-18)36(32,33)30-23-15(2)16(3)29-34-23/h4-12,30H,13H2,1-3H3,(H,27,31). The number of amides is 1. The van der Waals surface area contributed by atoms with Crippen molar-refractivity contribution in [2.45, 2.75) is 36.6 Å². The monoisotopic (exact) mass is 543 g/mol. The van der Waals surface area contributed by atoms with Crippen LogP contribution in [0.5, 0.6) is 0 Å². The summed E-state index contributed by atoms with van der Waals surface area (Å²) in [6.45, 7) is 5.43. The quantitative estimate of drug-likeness (QED) is 0.224. The summed E-state index contributed by atoms with van der Waals surface area (Å²) >= 11 is 7.57. The Labute approximate surface area is 217 Å². The first-order valence-electron chi connectivity index (χ1n) is 10.7. The van der Waals surface area contributed by atoms with Crippen LogP contribution in [0.1, 0.15) is 32.9 Å². The molecule has 0 bridgehead atoms. The lowest BCUT2D eigenvalue weighted by Crippen LogP contribution is -2.16. The van der Waals surface area contributed by atoms with Crippen molar-refractivity contribution in [1.82, 2.24) is 15.1 Å². The van der Waals surface area contributed by atoms with E-state index in [4.69, 9.17) is 16.1 Å². The third-order valence-corrected chi connectivity index (χ3v) is 7.75. The van der Waals surface area contributed by atoms with Crippen molar-refractivity contribution in [3.8, 4) is 0 Å². The fraction of sp³-hybridized carbons (Fsp3) is 0.167. The Morgan fingerprint density at radius 2 is 1.86 bits per heavy atom. The maximum absolute atomic E-state index is 12.8. The molecule has 1 amide bonds. The van der Waals surface area contributed by atoms with Crippen molar-refractivity contribution >= 4 is 50.9 Å². The lowest BCUT2D eigenvalue weighted by atomic mass is 10.2. The van der Waals surface area contributed by atoms with Crippen LogP contribution in [0.25, 0.3) is 0 Å². The van der Waals surface area contributed by atoms with Crippen LogP contribution in [0.3, 0.4) is 0 Å². The third-order valence-electron chi connectivity index (χ3n) is 5.19. The van der Waals surface area contributed by atoms with Gasteiger partial charge in [-0.15, -0.1) is 0 Å². The minimum Gasteiger partial charge on any atom is -0.337 e. The van der Waals surface area contributed by atoms with E-state index in [-0.39, 0.29) is 21.5 Å². The topological polar surface area (TPSA) is 127 Å². The molecule has 2 N–H and O–H groups in total. The second kappa shape index (κ2) is 10.7. The number of aryl methyl sites for hydroxylation is 2. The fourth-order valence-corrected chi connectivity index (χ4v) is 5.11. The number of nitrogens with one attached hydrogen (secondary N) is 2. The summed E-state index contributed by atoms with van der Waals surface area (Å²) in [7, 11) is -3.91. The van der Waals surface area contributed by atoms with E-state index in [1.54, 1.807) is 13.8 Å². The molecule has 0 aliphatic rings. The van der Waals surface area contributed by atoms with E-state index in [1.165, 1.54) is 42.2 Å². The fourth-order valence-electron chi connectivity index (χ4n) is 3.13. The highest BCUT2D eigenvalue weighted by Crippen LogP contribution is 2.25. The van der Waals surface area contributed by atoms with Gasteiger partial charge in [0.15, 0.2) is 10.9 Å². The van der Waals surface area contributed by atoms with Crippen LogP contribution in [0.2, 0.25) is 5.02 Å². The average molecular weight is 544 g/mol. The molecule has 12 heteroatoms. The van der Waals surface area contributed by atoms with Gasteiger partial charge in [-0.05, 0) is 50.6 Å². The van der Waals surface area contributed by atoms with Crippen LogP contribution in [0, 0.1) is 20.8 Å². The zero-order valence-corrected chi connectivity index (χ0v) is 22.0. The van der Waals surface area contributed by atoms with Crippen molar-refractivity contribution in [3.63, 3.8) is 0 Å². The minimum atomic E-state index is -3.91. The summed E-state index contributed by atoms with van der Waals surface area (Å²) < 4.78 is 32.7. The van der Waals surface area contributed by atoms with Crippen LogP contribution < -0.4 is 10.0 Å². The maximum Gasteiger partial charge on any atom is 0.275 e. The number of rotatable bonds is 8. The number of hydrogen-bond donors (Lipinski definition) is 2.